The summed E-state index contributed by atoms with van der Waals surface area (Å²) in [6, 6.07) is 13.9. The molecule has 0 fully saturated rings. The maximum Gasteiger partial charge on any atom is 0.275 e. The average Bonchev–Trinajstić information content (AvgIpc) is 3.27. The van der Waals surface area contributed by atoms with Crippen LogP contribution in [0.2, 0.25) is 0 Å². The number of para-hydroxylation sites is 1. The highest BCUT2D eigenvalue weighted by atomic mass is 16.6. The molecule has 9 nitrogen and oxygen atoms in total. The molecule has 0 bridgehead atoms. The number of carbonyl (C=O) groups is 1. The number of Topliss-reactive ketones (excluding diaryl/α,β-unsaturated/α-hetero) is 1. The van der Waals surface area contributed by atoms with E-state index in [1.165, 1.54) is 6.07 Å². The summed E-state index contributed by atoms with van der Waals surface area (Å²) in [4.78, 5) is 32.0. The fourth-order valence-electron chi connectivity index (χ4n) is 5.31. The van der Waals surface area contributed by atoms with Crippen LogP contribution in [-0.2, 0) is 4.79 Å². The van der Waals surface area contributed by atoms with Gasteiger partial charge in [-0.2, -0.15) is 4.98 Å². The zero-order valence-corrected chi connectivity index (χ0v) is 21.0. The first-order chi connectivity index (χ1) is 17.2. The van der Waals surface area contributed by atoms with Crippen molar-refractivity contribution in [3.63, 3.8) is 0 Å². The van der Waals surface area contributed by atoms with Gasteiger partial charge in [0.2, 0.25) is 5.95 Å². The summed E-state index contributed by atoms with van der Waals surface area (Å²) in [6.45, 7) is 10.2. The summed E-state index contributed by atoms with van der Waals surface area (Å²) < 4.78 is 1.63. The Bertz CT molecular complexity index is 1370. The Morgan fingerprint density at radius 3 is 2.47 bits per heavy atom. The second kappa shape index (κ2) is 8.89. The van der Waals surface area contributed by atoms with Crippen LogP contribution in [0.1, 0.15) is 52.1 Å². The lowest BCUT2D eigenvalue weighted by Crippen LogP contribution is -2.36. The van der Waals surface area contributed by atoms with Gasteiger partial charge in [-0.3, -0.25) is 14.9 Å². The molecule has 1 N–H and O–H groups in total. The molecule has 1 unspecified atom stereocenters. The molecule has 0 spiro atoms. The van der Waals surface area contributed by atoms with Crippen molar-refractivity contribution in [3.05, 3.63) is 75.5 Å². The van der Waals surface area contributed by atoms with Gasteiger partial charge in [-0.25, -0.2) is 4.68 Å². The van der Waals surface area contributed by atoms with Crippen LogP contribution in [0.5, 0.6) is 0 Å². The lowest BCUT2D eigenvalue weighted by molar-refractivity contribution is -0.385. The molecule has 1 aromatic heterocycles. The third-order valence-corrected chi connectivity index (χ3v) is 7.01. The van der Waals surface area contributed by atoms with E-state index in [1.807, 2.05) is 24.3 Å². The first-order valence-corrected chi connectivity index (χ1v) is 12.3. The average molecular weight is 487 g/mol. The van der Waals surface area contributed by atoms with E-state index in [9.17, 15) is 14.9 Å². The number of nitro groups is 1. The van der Waals surface area contributed by atoms with Crippen LogP contribution in [0.3, 0.4) is 0 Å². The van der Waals surface area contributed by atoms with Crippen molar-refractivity contribution in [1.29, 1.82) is 0 Å². The van der Waals surface area contributed by atoms with Crippen LogP contribution in [0.15, 0.2) is 59.8 Å². The number of allylic oxidation sites excluding steroid dienone is 2. The van der Waals surface area contributed by atoms with Gasteiger partial charge >= 0.3 is 0 Å². The van der Waals surface area contributed by atoms with E-state index >= 15 is 0 Å². The molecule has 1 aliphatic heterocycles. The van der Waals surface area contributed by atoms with Crippen molar-refractivity contribution in [3.8, 4) is 11.4 Å². The number of hydrogen-bond acceptors (Lipinski definition) is 7. The van der Waals surface area contributed by atoms with Gasteiger partial charge in [0.25, 0.3) is 5.69 Å². The standard InChI is InChI=1S/C27H30N6O3/c1-5-31(6-2)18-13-11-17(12-14-18)25-29-26-28-20-15-27(3,4)16-22(34)23(20)24(32(26)30-25)19-9-7-8-10-21(19)33(35)36/h7-14,24H,5-6,15-16H2,1-4H3,(H,28,29,30). The number of benzene rings is 2. The number of hydrogen-bond donors (Lipinski definition) is 1. The summed E-state index contributed by atoms with van der Waals surface area (Å²) in [6.07, 6.45) is 1.01. The van der Waals surface area contributed by atoms with E-state index in [-0.39, 0.29) is 16.9 Å². The zero-order valence-electron chi connectivity index (χ0n) is 21.0. The molecule has 2 heterocycles. The third kappa shape index (κ3) is 4.04. The topological polar surface area (TPSA) is 106 Å². The highest BCUT2D eigenvalue weighted by Gasteiger charge is 2.43. The molecule has 3 aromatic rings. The van der Waals surface area contributed by atoms with E-state index in [0.29, 0.717) is 35.8 Å². The number of nitrogens with one attached hydrogen (secondary N) is 1. The van der Waals surface area contributed by atoms with Gasteiger partial charge in [-0.1, -0.05) is 26.0 Å². The minimum absolute atomic E-state index is 0.0248. The predicted octanol–water partition coefficient (Wildman–Crippen LogP) is 5.36. The molecule has 0 amide bonds. The Kier molecular flexibility index (Phi) is 5.86. The molecule has 36 heavy (non-hydrogen) atoms. The van der Waals surface area contributed by atoms with Crippen molar-refractivity contribution < 1.29 is 9.72 Å². The van der Waals surface area contributed by atoms with Gasteiger partial charge in [-0.15, -0.1) is 5.10 Å². The molecular formula is C27H30N6O3. The molecular weight excluding hydrogens is 456 g/mol. The van der Waals surface area contributed by atoms with Crippen LogP contribution in [0.4, 0.5) is 17.3 Å². The maximum absolute atomic E-state index is 13.4. The molecule has 0 saturated heterocycles. The van der Waals surface area contributed by atoms with Gasteiger partial charge in [-0.05, 0) is 56.0 Å². The monoisotopic (exact) mass is 486 g/mol. The van der Waals surface area contributed by atoms with Crippen molar-refractivity contribution >= 4 is 23.1 Å². The SMILES string of the molecule is CCN(CC)c1ccc(-c2nc3n(n2)C(c2ccccc2[N+](=O)[O-])C2=C(CC(C)(C)CC2=O)N3)cc1. The predicted molar refractivity (Wildman–Crippen MR) is 139 cm³/mol. The Balaban J connectivity index is 1.64. The molecule has 5 rings (SSSR count). The van der Waals surface area contributed by atoms with Crippen LogP contribution < -0.4 is 10.2 Å². The van der Waals surface area contributed by atoms with Crippen LogP contribution in [0.25, 0.3) is 11.4 Å². The molecule has 1 aliphatic carbocycles. The fourth-order valence-corrected chi connectivity index (χ4v) is 5.31. The number of aromatic nitrogens is 3. The van der Waals surface area contributed by atoms with Gasteiger partial charge in [0, 0.05) is 48.1 Å². The van der Waals surface area contributed by atoms with Crippen LogP contribution in [0, 0.1) is 15.5 Å². The number of anilines is 2. The summed E-state index contributed by atoms with van der Waals surface area (Å²) >= 11 is 0. The van der Waals surface area contributed by atoms with Crippen molar-refractivity contribution in [2.45, 2.75) is 46.6 Å². The summed E-state index contributed by atoms with van der Waals surface area (Å²) in [5.74, 6) is 0.951. The number of nitrogens with zero attached hydrogens (tertiary/aromatic N) is 5. The third-order valence-electron chi connectivity index (χ3n) is 7.01. The highest BCUT2D eigenvalue weighted by molar-refractivity contribution is 6.00. The van der Waals surface area contributed by atoms with E-state index in [0.717, 1.165) is 30.0 Å². The summed E-state index contributed by atoms with van der Waals surface area (Å²) in [7, 11) is 0. The lowest BCUT2D eigenvalue weighted by atomic mass is 9.73. The minimum atomic E-state index is -0.724. The molecule has 9 heteroatoms. The molecule has 186 valence electrons. The highest BCUT2D eigenvalue weighted by Crippen LogP contribution is 2.47. The smallest absolute Gasteiger partial charge is 0.275 e. The molecule has 1 atom stereocenters. The van der Waals surface area contributed by atoms with Crippen molar-refractivity contribution in [2.24, 2.45) is 5.41 Å². The fraction of sp³-hybridized carbons (Fsp3) is 0.370. The Labute approximate surface area is 210 Å². The summed E-state index contributed by atoms with van der Waals surface area (Å²) in [5.41, 5.74) is 3.42. The van der Waals surface area contributed by atoms with Crippen molar-refractivity contribution in [2.75, 3.05) is 23.3 Å². The van der Waals surface area contributed by atoms with E-state index in [4.69, 9.17) is 10.1 Å². The second-order valence-corrected chi connectivity index (χ2v) is 10.1. The first-order valence-electron chi connectivity index (χ1n) is 12.3. The maximum atomic E-state index is 13.4. The Morgan fingerprint density at radius 1 is 1.11 bits per heavy atom. The van der Waals surface area contributed by atoms with Gasteiger partial charge in [0.1, 0.15) is 6.04 Å². The Morgan fingerprint density at radius 2 is 1.81 bits per heavy atom. The van der Waals surface area contributed by atoms with Crippen LogP contribution in [-0.4, -0.2) is 38.6 Å². The van der Waals surface area contributed by atoms with Gasteiger partial charge in [0.15, 0.2) is 11.6 Å². The quantitative estimate of drug-likeness (QED) is 0.369. The van der Waals surface area contributed by atoms with Gasteiger partial charge in [0.05, 0.1) is 10.5 Å². The molecule has 0 radical (unpaired) electrons. The molecule has 2 aromatic carbocycles. The van der Waals surface area contributed by atoms with Crippen LogP contribution >= 0.6 is 0 Å². The molecule has 2 aliphatic rings. The first kappa shape index (κ1) is 23.7. The molecule has 0 saturated carbocycles. The lowest BCUT2D eigenvalue weighted by Gasteiger charge is -2.38. The number of nitro benzene ring substituents is 1. The number of carbonyl (C=O) groups excluding carboxylic acids is 1. The number of fused-ring (bicyclic) bond motifs is 1. The number of rotatable bonds is 6. The van der Waals surface area contributed by atoms with E-state index < -0.39 is 11.0 Å². The largest absolute Gasteiger partial charge is 0.372 e. The van der Waals surface area contributed by atoms with E-state index in [2.05, 4.69) is 37.9 Å². The number of ketones is 1. The second-order valence-electron chi connectivity index (χ2n) is 10.1. The van der Waals surface area contributed by atoms with E-state index in [1.54, 1.807) is 22.9 Å². The normalized spacial score (nSPS) is 18.3. The van der Waals surface area contributed by atoms with Gasteiger partial charge < -0.3 is 10.2 Å². The zero-order chi connectivity index (χ0) is 25.6. The summed E-state index contributed by atoms with van der Waals surface area (Å²) in [5, 5.41) is 20.0. The Hall–Kier alpha value is -4.01. The minimum Gasteiger partial charge on any atom is -0.372 e. The van der Waals surface area contributed by atoms with Crippen molar-refractivity contribution in [1.82, 2.24) is 14.8 Å².